The van der Waals surface area contributed by atoms with Crippen LogP contribution in [0.3, 0.4) is 0 Å². The zero-order valence-corrected chi connectivity index (χ0v) is 15.7. The summed E-state index contributed by atoms with van der Waals surface area (Å²) in [4.78, 5) is 4.65. The highest BCUT2D eigenvalue weighted by Gasteiger charge is 2.20. The SMILES string of the molecule is Cc1cc(C2=NNC(=NC(C)(C)C)SC2)c(C)n1-c1ccccc1. The molecule has 2 aromatic rings. The van der Waals surface area contributed by atoms with Crippen molar-refractivity contribution in [2.75, 3.05) is 5.75 Å². The van der Waals surface area contributed by atoms with E-state index >= 15 is 0 Å². The second-order valence-corrected chi connectivity index (χ2v) is 7.97. The van der Waals surface area contributed by atoms with Crippen LogP contribution in [0.1, 0.15) is 37.7 Å². The van der Waals surface area contributed by atoms with Gasteiger partial charge in [-0.3, -0.25) is 10.4 Å². The van der Waals surface area contributed by atoms with Crippen LogP contribution in [0.25, 0.3) is 5.69 Å². The van der Waals surface area contributed by atoms with E-state index in [2.05, 4.69) is 85.0 Å². The van der Waals surface area contributed by atoms with E-state index in [4.69, 9.17) is 0 Å². The Kier molecular flexibility index (Phi) is 4.54. The maximum atomic E-state index is 4.65. The van der Waals surface area contributed by atoms with Crippen molar-refractivity contribution in [2.45, 2.75) is 40.2 Å². The van der Waals surface area contributed by atoms with Gasteiger partial charge in [0, 0.05) is 28.4 Å². The molecule has 1 aliphatic heterocycles. The minimum Gasteiger partial charge on any atom is -0.318 e. The molecule has 0 radical (unpaired) electrons. The first-order chi connectivity index (χ1) is 11.3. The van der Waals surface area contributed by atoms with Crippen LogP contribution in [0.5, 0.6) is 0 Å². The highest BCUT2D eigenvalue weighted by molar-refractivity contribution is 8.14. The fourth-order valence-electron chi connectivity index (χ4n) is 2.85. The maximum Gasteiger partial charge on any atom is 0.178 e. The van der Waals surface area contributed by atoms with E-state index < -0.39 is 0 Å². The quantitative estimate of drug-likeness (QED) is 0.886. The predicted octanol–water partition coefficient (Wildman–Crippen LogP) is 4.29. The third kappa shape index (κ3) is 3.56. The van der Waals surface area contributed by atoms with E-state index in [-0.39, 0.29) is 5.54 Å². The first-order valence-corrected chi connectivity index (χ1v) is 9.14. The molecule has 4 nitrogen and oxygen atoms in total. The van der Waals surface area contributed by atoms with E-state index in [1.165, 1.54) is 22.6 Å². The molecule has 0 saturated carbocycles. The molecule has 0 aliphatic carbocycles. The molecule has 1 N–H and O–H groups in total. The molecule has 0 bridgehead atoms. The van der Waals surface area contributed by atoms with Crippen molar-refractivity contribution in [2.24, 2.45) is 10.1 Å². The van der Waals surface area contributed by atoms with Gasteiger partial charge in [-0.25, -0.2) is 0 Å². The van der Waals surface area contributed by atoms with Gasteiger partial charge in [0.05, 0.1) is 11.3 Å². The van der Waals surface area contributed by atoms with Crippen molar-refractivity contribution in [1.29, 1.82) is 0 Å². The Labute approximate surface area is 148 Å². The Bertz CT molecular complexity index is 795. The molecule has 0 spiro atoms. The average molecular weight is 340 g/mol. The Morgan fingerprint density at radius 3 is 2.46 bits per heavy atom. The lowest BCUT2D eigenvalue weighted by Crippen LogP contribution is -2.28. The summed E-state index contributed by atoms with van der Waals surface area (Å²) in [5.74, 6) is 0.834. The van der Waals surface area contributed by atoms with E-state index in [1.807, 2.05) is 6.07 Å². The Morgan fingerprint density at radius 2 is 1.88 bits per heavy atom. The summed E-state index contributed by atoms with van der Waals surface area (Å²) in [7, 11) is 0. The number of rotatable bonds is 2. The standard InChI is InChI=1S/C19H24N4S/c1-13-11-16(14(2)23(13)15-9-7-6-8-10-15)17-12-24-18(22-21-17)20-19(3,4)5/h6-11H,12H2,1-5H3,(H,20,22). The Balaban J connectivity index is 1.91. The van der Waals surface area contributed by atoms with Crippen LogP contribution in [-0.4, -0.2) is 26.7 Å². The second-order valence-electron chi connectivity index (χ2n) is 7.00. The predicted molar refractivity (Wildman–Crippen MR) is 105 cm³/mol. The van der Waals surface area contributed by atoms with Crippen LogP contribution < -0.4 is 5.43 Å². The summed E-state index contributed by atoms with van der Waals surface area (Å²) in [5.41, 5.74) is 8.91. The highest BCUT2D eigenvalue weighted by atomic mass is 32.2. The van der Waals surface area contributed by atoms with Crippen LogP contribution in [0.15, 0.2) is 46.5 Å². The lowest BCUT2D eigenvalue weighted by molar-refractivity contribution is 0.582. The summed E-state index contributed by atoms with van der Waals surface area (Å²) in [6.45, 7) is 10.6. The molecular weight excluding hydrogens is 316 g/mol. The minimum absolute atomic E-state index is 0.0918. The summed E-state index contributed by atoms with van der Waals surface area (Å²) < 4.78 is 2.28. The molecule has 0 amide bonds. The summed E-state index contributed by atoms with van der Waals surface area (Å²) >= 11 is 1.71. The number of hydrazone groups is 1. The van der Waals surface area contributed by atoms with Gasteiger partial charge < -0.3 is 4.57 Å². The third-order valence-corrected chi connectivity index (χ3v) is 4.70. The number of amidine groups is 1. The smallest absolute Gasteiger partial charge is 0.178 e. The van der Waals surface area contributed by atoms with E-state index in [0.717, 1.165) is 16.6 Å². The first-order valence-electron chi connectivity index (χ1n) is 8.15. The minimum atomic E-state index is -0.0918. The van der Waals surface area contributed by atoms with Crippen molar-refractivity contribution >= 4 is 22.6 Å². The molecule has 1 aromatic carbocycles. The molecule has 24 heavy (non-hydrogen) atoms. The number of benzene rings is 1. The van der Waals surface area contributed by atoms with Gasteiger partial charge in [0.2, 0.25) is 0 Å². The summed E-state index contributed by atoms with van der Waals surface area (Å²) in [6.07, 6.45) is 0. The van der Waals surface area contributed by atoms with Gasteiger partial charge in [0.1, 0.15) is 0 Å². The van der Waals surface area contributed by atoms with Crippen molar-refractivity contribution in [3.8, 4) is 5.69 Å². The van der Waals surface area contributed by atoms with E-state index in [9.17, 15) is 0 Å². The van der Waals surface area contributed by atoms with Crippen LogP contribution in [-0.2, 0) is 0 Å². The van der Waals surface area contributed by atoms with Gasteiger partial charge >= 0.3 is 0 Å². The lowest BCUT2D eigenvalue weighted by atomic mass is 10.1. The van der Waals surface area contributed by atoms with Gasteiger partial charge in [-0.2, -0.15) is 5.10 Å². The molecule has 1 aliphatic rings. The molecule has 5 heteroatoms. The van der Waals surface area contributed by atoms with Crippen LogP contribution >= 0.6 is 11.8 Å². The molecule has 2 heterocycles. The molecule has 3 rings (SSSR count). The summed E-state index contributed by atoms with van der Waals surface area (Å²) in [5, 5.41) is 5.47. The number of aryl methyl sites for hydroxylation is 1. The molecule has 0 saturated heterocycles. The van der Waals surface area contributed by atoms with Gasteiger partial charge in [-0.15, -0.1) is 0 Å². The Morgan fingerprint density at radius 1 is 1.17 bits per heavy atom. The van der Waals surface area contributed by atoms with Gasteiger partial charge in [0.25, 0.3) is 0 Å². The molecule has 0 unspecified atom stereocenters. The monoisotopic (exact) mass is 340 g/mol. The van der Waals surface area contributed by atoms with Crippen molar-refractivity contribution in [1.82, 2.24) is 9.99 Å². The number of nitrogens with one attached hydrogen (secondary N) is 1. The normalized spacial score (nSPS) is 16.9. The molecule has 126 valence electrons. The topological polar surface area (TPSA) is 41.7 Å². The number of aromatic nitrogens is 1. The number of nitrogens with zero attached hydrogens (tertiary/aromatic N) is 3. The highest BCUT2D eigenvalue weighted by Crippen LogP contribution is 2.24. The van der Waals surface area contributed by atoms with Gasteiger partial charge in [-0.1, -0.05) is 30.0 Å². The zero-order chi connectivity index (χ0) is 17.3. The number of hydrogen-bond acceptors (Lipinski definition) is 3. The fraction of sp³-hybridized carbons (Fsp3) is 0.368. The van der Waals surface area contributed by atoms with Crippen molar-refractivity contribution in [3.05, 3.63) is 53.3 Å². The fourth-order valence-corrected chi connectivity index (χ4v) is 3.79. The van der Waals surface area contributed by atoms with Gasteiger partial charge in [0.15, 0.2) is 5.17 Å². The van der Waals surface area contributed by atoms with Crippen molar-refractivity contribution in [3.63, 3.8) is 0 Å². The molecule has 1 aromatic heterocycles. The van der Waals surface area contributed by atoms with Crippen LogP contribution in [0.2, 0.25) is 0 Å². The van der Waals surface area contributed by atoms with E-state index in [0.29, 0.717) is 0 Å². The zero-order valence-electron chi connectivity index (χ0n) is 14.9. The van der Waals surface area contributed by atoms with E-state index in [1.54, 1.807) is 11.8 Å². The average Bonchev–Trinajstić information content (AvgIpc) is 2.82. The number of hydrogen-bond donors (Lipinski definition) is 1. The largest absolute Gasteiger partial charge is 0.318 e. The molecular formula is C19H24N4S. The third-order valence-electron chi connectivity index (χ3n) is 3.83. The number of thioether (sulfide) groups is 1. The molecule has 0 fully saturated rings. The second kappa shape index (κ2) is 6.48. The Hall–Kier alpha value is -2.01. The molecule has 0 atom stereocenters. The number of aliphatic imine (C=N–C) groups is 1. The van der Waals surface area contributed by atoms with Crippen LogP contribution in [0, 0.1) is 13.8 Å². The maximum absolute atomic E-state index is 4.65. The number of para-hydroxylation sites is 1. The summed E-state index contributed by atoms with van der Waals surface area (Å²) in [6, 6.07) is 12.7. The first kappa shape index (κ1) is 16.8. The van der Waals surface area contributed by atoms with Gasteiger partial charge in [-0.05, 0) is 52.8 Å². The lowest BCUT2D eigenvalue weighted by Gasteiger charge is -2.19. The van der Waals surface area contributed by atoms with Crippen LogP contribution in [0.4, 0.5) is 0 Å². The van der Waals surface area contributed by atoms with Crippen molar-refractivity contribution < 1.29 is 0 Å².